The van der Waals surface area contributed by atoms with Gasteiger partial charge < -0.3 is 0 Å². The molecule has 0 fully saturated rings. The summed E-state index contributed by atoms with van der Waals surface area (Å²) in [6.45, 7) is 2.08. The summed E-state index contributed by atoms with van der Waals surface area (Å²) in [6.07, 6.45) is 3.96. The van der Waals surface area contributed by atoms with Crippen molar-refractivity contribution in [3.63, 3.8) is 0 Å². The van der Waals surface area contributed by atoms with Crippen molar-refractivity contribution in [2.45, 2.75) is 38.0 Å². The summed E-state index contributed by atoms with van der Waals surface area (Å²) in [7, 11) is 1.97. The Kier molecular flexibility index (Phi) is 4.28. The standard InChI is InChI=1S/C17H20Cl2N2/c1-3-14-17(19)15(21(2)20-14)10-12-9-8-11-6-4-5-7-13(11)16(12)18/h4-7,12,16H,3,8-10H2,1-2H3. The number of aryl methyl sites for hydroxylation is 3. The second-order valence-electron chi connectivity index (χ2n) is 5.79. The van der Waals surface area contributed by atoms with Crippen LogP contribution in [0.4, 0.5) is 0 Å². The van der Waals surface area contributed by atoms with Gasteiger partial charge in [-0.15, -0.1) is 11.6 Å². The largest absolute Gasteiger partial charge is 0.271 e. The Hall–Kier alpha value is -0.990. The minimum Gasteiger partial charge on any atom is -0.271 e. The Morgan fingerprint density at radius 2 is 2.10 bits per heavy atom. The molecule has 0 aliphatic heterocycles. The van der Waals surface area contributed by atoms with Crippen molar-refractivity contribution in [2.75, 3.05) is 0 Å². The van der Waals surface area contributed by atoms with Gasteiger partial charge in [-0.2, -0.15) is 5.10 Å². The lowest BCUT2D eigenvalue weighted by Crippen LogP contribution is -2.20. The normalized spacial score (nSPS) is 21.3. The van der Waals surface area contributed by atoms with Gasteiger partial charge in [0.15, 0.2) is 0 Å². The third kappa shape index (κ3) is 2.72. The summed E-state index contributed by atoms with van der Waals surface area (Å²) in [6, 6.07) is 8.51. The van der Waals surface area contributed by atoms with Crippen LogP contribution in [0.25, 0.3) is 0 Å². The molecule has 4 heteroatoms. The van der Waals surface area contributed by atoms with Crippen LogP contribution < -0.4 is 0 Å². The Balaban J connectivity index is 1.85. The van der Waals surface area contributed by atoms with E-state index in [1.807, 2.05) is 11.7 Å². The van der Waals surface area contributed by atoms with Gasteiger partial charge in [0.2, 0.25) is 0 Å². The molecule has 0 N–H and O–H groups in total. The van der Waals surface area contributed by atoms with E-state index in [0.717, 1.165) is 42.1 Å². The number of fused-ring (bicyclic) bond motifs is 1. The van der Waals surface area contributed by atoms with Gasteiger partial charge in [0.1, 0.15) is 0 Å². The highest BCUT2D eigenvalue weighted by Crippen LogP contribution is 2.41. The maximum absolute atomic E-state index is 6.74. The molecule has 0 saturated carbocycles. The molecule has 112 valence electrons. The first-order valence-electron chi connectivity index (χ1n) is 7.54. The molecule has 21 heavy (non-hydrogen) atoms. The third-order valence-corrected chi connectivity index (χ3v) is 5.54. The lowest BCUT2D eigenvalue weighted by atomic mass is 9.81. The average molecular weight is 323 g/mol. The minimum absolute atomic E-state index is 0.0611. The minimum atomic E-state index is 0.0611. The van der Waals surface area contributed by atoms with Crippen LogP contribution in [0.5, 0.6) is 0 Å². The lowest BCUT2D eigenvalue weighted by Gasteiger charge is -2.29. The number of benzene rings is 1. The van der Waals surface area contributed by atoms with Crippen LogP contribution in [0.1, 0.15) is 41.2 Å². The second-order valence-corrected chi connectivity index (χ2v) is 6.64. The fourth-order valence-electron chi connectivity index (χ4n) is 3.27. The van der Waals surface area contributed by atoms with Crippen LogP contribution in [0.3, 0.4) is 0 Å². The predicted octanol–water partition coefficient (Wildman–Crippen LogP) is 4.72. The zero-order chi connectivity index (χ0) is 15.0. The van der Waals surface area contributed by atoms with E-state index < -0.39 is 0 Å². The first kappa shape index (κ1) is 14.9. The van der Waals surface area contributed by atoms with Crippen molar-refractivity contribution in [2.24, 2.45) is 13.0 Å². The van der Waals surface area contributed by atoms with Gasteiger partial charge in [0.05, 0.1) is 21.8 Å². The van der Waals surface area contributed by atoms with Crippen molar-refractivity contribution >= 4 is 23.2 Å². The highest BCUT2D eigenvalue weighted by molar-refractivity contribution is 6.31. The van der Waals surface area contributed by atoms with Crippen molar-refractivity contribution in [3.05, 3.63) is 51.8 Å². The Morgan fingerprint density at radius 1 is 1.33 bits per heavy atom. The molecule has 2 nitrogen and oxygen atoms in total. The van der Waals surface area contributed by atoms with E-state index in [2.05, 4.69) is 36.3 Å². The van der Waals surface area contributed by atoms with Crippen LogP contribution in [-0.2, 0) is 26.3 Å². The molecular formula is C17H20Cl2N2. The quantitative estimate of drug-likeness (QED) is 0.747. The molecular weight excluding hydrogens is 303 g/mol. The molecule has 1 aromatic carbocycles. The fourth-order valence-corrected chi connectivity index (χ4v) is 4.07. The first-order chi connectivity index (χ1) is 10.1. The number of halogens is 2. The molecule has 1 heterocycles. The zero-order valence-corrected chi connectivity index (χ0v) is 14.0. The molecule has 2 unspecified atom stereocenters. The molecule has 2 aromatic rings. The molecule has 0 radical (unpaired) electrons. The highest BCUT2D eigenvalue weighted by atomic mass is 35.5. The number of aromatic nitrogens is 2. The summed E-state index contributed by atoms with van der Waals surface area (Å²) in [4.78, 5) is 0. The monoisotopic (exact) mass is 322 g/mol. The van der Waals surface area contributed by atoms with E-state index in [1.54, 1.807) is 0 Å². The summed E-state index contributed by atoms with van der Waals surface area (Å²) < 4.78 is 1.92. The number of hydrogen-bond donors (Lipinski definition) is 0. The van der Waals surface area contributed by atoms with E-state index in [1.165, 1.54) is 11.1 Å². The molecule has 0 amide bonds. The van der Waals surface area contributed by atoms with Gasteiger partial charge in [0, 0.05) is 7.05 Å². The van der Waals surface area contributed by atoms with Crippen molar-refractivity contribution in [1.82, 2.24) is 9.78 Å². The smallest absolute Gasteiger partial charge is 0.0849 e. The van der Waals surface area contributed by atoms with E-state index >= 15 is 0 Å². The van der Waals surface area contributed by atoms with E-state index in [4.69, 9.17) is 23.2 Å². The van der Waals surface area contributed by atoms with E-state index in [0.29, 0.717) is 5.92 Å². The van der Waals surface area contributed by atoms with E-state index in [-0.39, 0.29) is 5.38 Å². The first-order valence-corrected chi connectivity index (χ1v) is 8.35. The summed E-state index contributed by atoms with van der Waals surface area (Å²) >= 11 is 13.2. The van der Waals surface area contributed by atoms with Gasteiger partial charge in [0.25, 0.3) is 0 Å². The van der Waals surface area contributed by atoms with Crippen LogP contribution in [-0.4, -0.2) is 9.78 Å². The van der Waals surface area contributed by atoms with Crippen LogP contribution in [0.15, 0.2) is 24.3 Å². The summed E-state index contributed by atoms with van der Waals surface area (Å²) in [5.74, 6) is 0.416. The third-order valence-electron chi connectivity index (χ3n) is 4.51. The molecule has 1 aromatic heterocycles. The van der Waals surface area contributed by atoms with Crippen molar-refractivity contribution < 1.29 is 0 Å². The maximum Gasteiger partial charge on any atom is 0.0849 e. The topological polar surface area (TPSA) is 17.8 Å². The molecule has 1 aliphatic rings. The number of nitrogens with zero attached hydrogens (tertiary/aromatic N) is 2. The molecule has 0 saturated heterocycles. The SMILES string of the molecule is CCc1nn(C)c(CC2CCc3ccccc3C2Cl)c1Cl. The number of rotatable bonds is 3. The molecule has 2 atom stereocenters. The highest BCUT2D eigenvalue weighted by Gasteiger charge is 2.29. The zero-order valence-electron chi connectivity index (χ0n) is 12.4. The van der Waals surface area contributed by atoms with Crippen molar-refractivity contribution in [3.8, 4) is 0 Å². The average Bonchev–Trinajstić information content (AvgIpc) is 2.77. The summed E-state index contributed by atoms with van der Waals surface area (Å²) in [5, 5.41) is 5.39. The molecule has 1 aliphatic carbocycles. The van der Waals surface area contributed by atoms with Crippen LogP contribution in [0.2, 0.25) is 5.02 Å². The van der Waals surface area contributed by atoms with Gasteiger partial charge in [-0.1, -0.05) is 42.8 Å². The Bertz CT molecular complexity index is 648. The predicted molar refractivity (Wildman–Crippen MR) is 88.1 cm³/mol. The maximum atomic E-state index is 6.74. The van der Waals surface area contributed by atoms with Crippen molar-refractivity contribution in [1.29, 1.82) is 0 Å². The van der Waals surface area contributed by atoms with Crippen LogP contribution in [0, 0.1) is 5.92 Å². The van der Waals surface area contributed by atoms with Gasteiger partial charge in [-0.25, -0.2) is 0 Å². The van der Waals surface area contributed by atoms with Crippen LogP contribution >= 0.6 is 23.2 Å². The van der Waals surface area contributed by atoms with Gasteiger partial charge in [-0.05, 0) is 42.7 Å². The lowest BCUT2D eigenvalue weighted by molar-refractivity contribution is 0.430. The number of alkyl halides is 1. The summed E-state index contributed by atoms with van der Waals surface area (Å²) in [5.41, 5.74) is 4.77. The number of hydrogen-bond acceptors (Lipinski definition) is 1. The van der Waals surface area contributed by atoms with Gasteiger partial charge in [-0.3, -0.25) is 4.68 Å². The molecule has 3 rings (SSSR count). The van der Waals surface area contributed by atoms with Gasteiger partial charge >= 0.3 is 0 Å². The second kappa shape index (κ2) is 6.02. The Labute approximate surface area is 136 Å². The Morgan fingerprint density at radius 3 is 2.81 bits per heavy atom. The molecule has 0 bridgehead atoms. The molecule has 0 spiro atoms. The van der Waals surface area contributed by atoms with E-state index in [9.17, 15) is 0 Å². The fraction of sp³-hybridized carbons (Fsp3) is 0.471.